The van der Waals surface area contributed by atoms with Crippen molar-refractivity contribution in [2.24, 2.45) is 0 Å². The molecule has 0 saturated heterocycles. The first-order valence-corrected chi connectivity index (χ1v) is 7.24. The summed E-state index contributed by atoms with van der Waals surface area (Å²) in [4.78, 5) is 6.45. The van der Waals surface area contributed by atoms with Gasteiger partial charge >= 0.3 is 0 Å². The molecule has 0 atom stereocenters. The van der Waals surface area contributed by atoms with Crippen molar-refractivity contribution in [1.82, 2.24) is 20.1 Å². The van der Waals surface area contributed by atoms with E-state index in [0.29, 0.717) is 0 Å². The summed E-state index contributed by atoms with van der Waals surface area (Å²) in [6.07, 6.45) is 5.85. The van der Waals surface area contributed by atoms with Gasteiger partial charge in [-0.05, 0) is 26.8 Å². The molecule has 2 aromatic rings. The lowest BCUT2D eigenvalue weighted by molar-refractivity contribution is 0.355. The van der Waals surface area contributed by atoms with Crippen LogP contribution in [0.15, 0.2) is 30.7 Å². The van der Waals surface area contributed by atoms with E-state index in [4.69, 9.17) is 0 Å². The summed E-state index contributed by atoms with van der Waals surface area (Å²) >= 11 is 0. The monoisotopic (exact) mass is 323 g/mol. The van der Waals surface area contributed by atoms with Crippen molar-refractivity contribution in [3.8, 4) is 0 Å². The predicted octanol–water partition coefficient (Wildman–Crippen LogP) is 2.81. The molecule has 2 heterocycles. The Morgan fingerprint density at radius 3 is 2.55 bits per heavy atom. The predicted molar refractivity (Wildman–Crippen MR) is 93.6 cm³/mol. The minimum Gasteiger partial charge on any atom is -0.362 e. The van der Waals surface area contributed by atoms with Crippen molar-refractivity contribution in [2.75, 3.05) is 19.0 Å². The molecule has 0 radical (unpaired) electrons. The van der Waals surface area contributed by atoms with Gasteiger partial charge in [-0.2, -0.15) is 5.10 Å². The number of halogens is 1. The molecule has 0 saturated carbocycles. The van der Waals surface area contributed by atoms with E-state index in [1.807, 2.05) is 42.1 Å². The molecular weight excluding hydrogens is 298 g/mol. The molecule has 1 N–H and O–H groups in total. The Hall–Kier alpha value is -1.59. The maximum absolute atomic E-state index is 4.41. The van der Waals surface area contributed by atoms with Crippen LogP contribution in [0.5, 0.6) is 0 Å². The molecule has 122 valence electrons. The largest absolute Gasteiger partial charge is 0.362 e. The third-order valence-corrected chi connectivity index (χ3v) is 3.26. The van der Waals surface area contributed by atoms with Gasteiger partial charge in [0.2, 0.25) is 0 Å². The molecular formula is C16H26ClN5. The fraction of sp³-hybridized carbons (Fsp3) is 0.500. The van der Waals surface area contributed by atoms with Gasteiger partial charge in [0, 0.05) is 50.7 Å². The number of aromatic nitrogens is 3. The second-order valence-corrected chi connectivity index (χ2v) is 6.45. The van der Waals surface area contributed by atoms with Gasteiger partial charge in [0.05, 0.1) is 11.7 Å². The van der Waals surface area contributed by atoms with Crippen LogP contribution in [-0.2, 0) is 18.6 Å². The van der Waals surface area contributed by atoms with Crippen molar-refractivity contribution in [3.63, 3.8) is 0 Å². The number of rotatable bonds is 5. The Morgan fingerprint density at radius 2 is 1.95 bits per heavy atom. The number of hydrogen-bond donors (Lipinski definition) is 1. The highest BCUT2D eigenvalue weighted by Crippen LogP contribution is 2.15. The van der Waals surface area contributed by atoms with Crippen LogP contribution in [-0.4, -0.2) is 28.9 Å². The fourth-order valence-electron chi connectivity index (χ4n) is 2.13. The Morgan fingerprint density at radius 1 is 1.23 bits per heavy atom. The van der Waals surface area contributed by atoms with Crippen molar-refractivity contribution in [1.29, 1.82) is 0 Å². The summed E-state index contributed by atoms with van der Waals surface area (Å²) in [7, 11) is 4.03. The maximum atomic E-state index is 4.41. The van der Waals surface area contributed by atoms with Gasteiger partial charge < -0.3 is 10.2 Å². The molecule has 0 aliphatic rings. The minimum atomic E-state index is 0. The van der Waals surface area contributed by atoms with Gasteiger partial charge in [0.1, 0.15) is 5.82 Å². The molecule has 6 heteroatoms. The average molecular weight is 324 g/mol. The van der Waals surface area contributed by atoms with E-state index in [0.717, 1.165) is 18.9 Å². The first kappa shape index (κ1) is 18.5. The minimum absolute atomic E-state index is 0. The number of nitrogens with one attached hydrogen (secondary N) is 1. The molecule has 2 aromatic heterocycles. The second-order valence-electron chi connectivity index (χ2n) is 6.45. The fourth-order valence-corrected chi connectivity index (χ4v) is 2.13. The van der Waals surface area contributed by atoms with Crippen LogP contribution in [0, 0.1) is 0 Å². The van der Waals surface area contributed by atoms with Gasteiger partial charge in [-0.3, -0.25) is 4.68 Å². The smallest absolute Gasteiger partial charge is 0.132 e. The van der Waals surface area contributed by atoms with E-state index in [1.165, 1.54) is 11.1 Å². The zero-order chi connectivity index (χ0) is 15.5. The number of nitrogens with zero attached hydrogens (tertiary/aromatic N) is 4. The first-order valence-electron chi connectivity index (χ1n) is 7.24. The topological polar surface area (TPSA) is 46.0 Å². The summed E-state index contributed by atoms with van der Waals surface area (Å²) in [6.45, 7) is 8.04. The molecule has 0 spiro atoms. The van der Waals surface area contributed by atoms with Crippen molar-refractivity contribution >= 4 is 18.2 Å². The Bertz CT molecular complexity index is 586. The average Bonchev–Trinajstić information content (AvgIpc) is 2.88. The zero-order valence-electron chi connectivity index (χ0n) is 14.0. The van der Waals surface area contributed by atoms with Gasteiger partial charge in [-0.1, -0.05) is 6.07 Å². The highest BCUT2D eigenvalue weighted by atomic mass is 35.5. The van der Waals surface area contributed by atoms with Crippen LogP contribution in [0.3, 0.4) is 0 Å². The highest BCUT2D eigenvalue weighted by molar-refractivity contribution is 5.85. The third-order valence-electron chi connectivity index (χ3n) is 3.26. The van der Waals surface area contributed by atoms with Crippen LogP contribution in [0.2, 0.25) is 0 Å². The molecule has 0 unspecified atom stereocenters. The molecule has 0 fully saturated rings. The van der Waals surface area contributed by atoms with E-state index in [2.05, 4.69) is 48.4 Å². The second kappa shape index (κ2) is 7.61. The summed E-state index contributed by atoms with van der Waals surface area (Å²) in [5, 5.41) is 7.87. The molecule has 0 bridgehead atoms. The van der Waals surface area contributed by atoms with Gasteiger partial charge in [0.15, 0.2) is 0 Å². The number of anilines is 1. The summed E-state index contributed by atoms with van der Waals surface area (Å²) in [5.41, 5.74) is 2.42. The van der Waals surface area contributed by atoms with Crippen LogP contribution < -0.4 is 10.2 Å². The molecule has 22 heavy (non-hydrogen) atoms. The lowest BCUT2D eigenvalue weighted by Crippen LogP contribution is -2.22. The highest BCUT2D eigenvalue weighted by Gasteiger charge is 2.13. The SMILES string of the molecule is CN(C)c1ncccc1CNCc1cnn(C(C)(C)C)c1.Cl. The lowest BCUT2D eigenvalue weighted by atomic mass is 10.1. The molecule has 0 amide bonds. The van der Waals surface area contributed by atoms with Crippen molar-refractivity contribution in [3.05, 3.63) is 41.9 Å². The lowest BCUT2D eigenvalue weighted by Gasteiger charge is -2.18. The summed E-state index contributed by atoms with van der Waals surface area (Å²) in [5.74, 6) is 1.01. The van der Waals surface area contributed by atoms with E-state index in [-0.39, 0.29) is 17.9 Å². The molecule has 0 aliphatic heterocycles. The molecule has 0 aromatic carbocycles. The quantitative estimate of drug-likeness (QED) is 0.919. The first-order chi connectivity index (χ1) is 9.88. The zero-order valence-corrected chi connectivity index (χ0v) is 14.8. The van der Waals surface area contributed by atoms with Gasteiger partial charge in [-0.25, -0.2) is 4.98 Å². The third kappa shape index (κ3) is 4.71. The standard InChI is InChI=1S/C16H25N5.ClH/c1-16(2,3)21-12-13(10-19-21)9-17-11-14-7-6-8-18-15(14)20(4)5;/h6-8,10,12,17H,9,11H2,1-5H3;1H. The van der Waals surface area contributed by atoms with Crippen LogP contribution in [0.25, 0.3) is 0 Å². The summed E-state index contributed by atoms with van der Waals surface area (Å²) in [6, 6.07) is 4.08. The van der Waals surface area contributed by atoms with E-state index in [1.54, 1.807) is 0 Å². The van der Waals surface area contributed by atoms with E-state index >= 15 is 0 Å². The van der Waals surface area contributed by atoms with E-state index in [9.17, 15) is 0 Å². The summed E-state index contributed by atoms with van der Waals surface area (Å²) < 4.78 is 2.00. The van der Waals surface area contributed by atoms with Gasteiger partial charge in [-0.15, -0.1) is 12.4 Å². The van der Waals surface area contributed by atoms with Crippen molar-refractivity contribution < 1.29 is 0 Å². The Labute approximate surface area is 139 Å². The van der Waals surface area contributed by atoms with Crippen LogP contribution in [0.4, 0.5) is 5.82 Å². The normalized spacial score (nSPS) is 11.1. The number of hydrogen-bond acceptors (Lipinski definition) is 4. The molecule has 2 rings (SSSR count). The van der Waals surface area contributed by atoms with Gasteiger partial charge in [0.25, 0.3) is 0 Å². The Balaban J connectivity index is 0.00000242. The van der Waals surface area contributed by atoms with E-state index < -0.39 is 0 Å². The number of pyridine rings is 1. The Kier molecular flexibility index (Phi) is 6.38. The molecule has 0 aliphatic carbocycles. The van der Waals surface area contributed by atoms with Crippen LogP contribution in [0.1, 0.15) is 31.9 Å². The van der Waals surface area contributed by atoms with Crippen LogP contribution >= 0.6 is 12.4 Å². The van der Waals surface area contributed by atoms with Crippen molar-refractivity contribution in [2.45, 2.75) is 39.4 Å². The maximum Gasteiger partial charge on any atom is 0.132 e. The molecule has 5 nitrogen and oxygen atoms in total.